The van der Waals surface area contributed by atoms with Crippen LogP contribution in [0.25, 0.3) is 0 Å². The highest BCUT2D eigenvalue weighted by Crippen LogP contribution is 2.30. The van der Waals surface area contributed by atoms with E-state index in [9.17, 15) is 21.6 Å². The normalized spacial score (nSPS) is 13.2. The monoisotopic (exact) mass is 434 g/mol. The maximum Gasteiger partial charge on any atom is 0.416 e. The lowest BCUT2D eigenvalue weighted by Crippen LogP contribution is -2.30. The van der Waals surface area contributed by atoms with Crippen LogP contribution in [0.2, 0.25) is 0 Å². The Balaban J connectivity index is 1.95. The number of benzene rings is 2. The molecule has 158 valence electrons. The zero-order valence-corrected chi connectivity index (χ0v) is 17.3. The lowest BCUT2D eigenvalue weighted by atomic mass is 10.0. The van der Waals surface area contributed by atoms with Crippen LogP contribution < -0.4 is 4.72 Å². The van der Waals surface area contributed by atoms with Crippen molar-refractivity contribution in [2.24, 2.45) is 0 Å². The second-order valence-corrected chi connectivity index (χ2v) is 8.80. The number of halogens is 3. The lowest BCUT2D eigenvalue weighted by molar-refractivity contribution is -0.137. The van der Waals surface area contributed by atoms with Gasteiger partial charge in [0.2, 0.25) is 10.0 Å². The molecule has 1 heterocycles. The highest BCUT2D eigenvalue weighted by atomic mass is 32.2. The van der Waals surface area contributed by atoms with Gasteiger partial charge in [-0.05, 0) is 55.8 Å². The quantitative estimate of drug-likeness (QED) is 0.595. The fourth-order valence-corrected chi connectivity index (χ4v) is 4.25. The molecule has 1 N–H and O–H groups in total. The zero-order valence-electron chi connectivity index (χ0n) is 16.4. The van der Waals surface area contributed by atoms with Crippen LogP contribution >= 0.6 is 0 Å². The molecule has 1 unspecified atom stereocenters. The molecule has 0 amide bonds. The molecule has 1 aromatic heterocycles. The molecular weight excluding hydrogens is 413 g/mol. The van der Waals surface area contributed by atoms with E-state index in [1.54, 1.807) is 24.3 Å². The van der Waals surface area contributed by atoms with Crippen LogP contribution in [0, 0.1) is 13.8 Å². The van der Waals surface area contributed by atoms with Gasteiger partial charge in [0, 0.05) is 17.8 Å². The third-order valence-electron chi connectivity index (χ3n) is 4.63. The van der Waals surface area contributed by atoms with Crippen LogP contribution in [0.3, 0.4) is 0 Å². The van der Waals surface area contributed by atoms with Crippen LogP contribution in [0.15, 0.2) is 71.6 Å². The van der Waals surface area contributed by atoms with Gasteiger partial charge in [0.25, 0.3) is 0 Å². The average molecular weight is 434 g/mol. The van der Waals surface area contributed by atoms with E-state index in [2.05, 4.69) is 9.71 Å². The lowest BCUT2D eigenvalue weighted by Gasteiger charge is -2.20. The summed E-state index contributed by atoms with van der Waals surface area (Å²) in [6.07, 6.45) is -4.27. The molecule has 2 aromatic carbocycles. The third-order valence-corrected chi connectivity index (χ3v) is 6.12. The van der Waals surface area contributed by atoms with E-state index in [1.165, 1.54) is 24.3 Å². The predicted molar refractivity (Wildman–Crippen MR) is 108 cm³/mol. The maximum atomic E-state index is 12.9. The SMILES string of the molecule is Cc1ccc(S(=O)(=O)NC(Cc2cccc(C)n2)c2ccc(C(F)(F)F)cc2)cc1. The Morgan fingerprint density at radius 3 is 2.13 bits per heavy atom. The van der Waals surface area contributed by atoms with Crippen molar-refractivity contribution in [1.82, 2.24) is 9.71 Å². The summed E-state index contributed by atoms with van der Waals surface area (Å²) in [5.74, 6) is 0. The van der Waals surface area contributed by atoms with Gasteiger partial charge in [0.15, 0.2) is 0 Å². The van der Waals surface area contributed by atoms with Gasteiger partial charge in [-0.1, -0.05) is 35.9 Å². The molecule has 3 aromatic rings. The Bertz CT molecular complexity index is 1110. The topological polar surface area (TPSA) is 59.1 Å². The Hall–Kier alpha value is -2.71. The number of hydrogen-bond donors (Lipinski definition) is 1. The average Bonchev–Trinajstić information content (AvgIpc) is 2.67. The summed E-state index contributed by atoms with van der Waals surface area (Å²) in [7, 11) is -3.89. The van der Waals surface area contributed by atoms with Gasteiger partial charge in [0.1, 0.15) is 0 Å². The predicted octanol–water partition coefficient (Wildman–Crippen LogP) is 4.98. The van der Waals surface area contributed by atoms with E-state index in [0.717, 1.165) is 23.4 Å². The van der Waals surface area contributed by atoms with Gasteiger partial charge in [-0.25, -0.2) is 13.1 Å². The minimum absolute atomic E-state index is 0.0854. The summed E-state index contributed by atoms with van der Waals surface area (Å²) in [6, 6.07) is 15.4. The van der Waals surface area contributed by atoms with E-state index in [4.69, 9.17) is 0 Å². The first-order valence-electron chi connectivity index (χ1n) is 9.23. The number of aromatic nitrogens is 1. The summed E-state index contributed by atoms with van der Waals surface area (Å²) in [4.78, 5) is 4.48. The number of sulfonamides is 1. The van der Waals surface area contributed by atoms with E-state index in [1.807, 2.05) is 19.9 Å². The van der Waals surface area contributed by atoms with Crippen molar-refractivity contribution in [2.75, 3.05) is 0 Å². The van der Waals surface area contributed by atoms with Gasteiger partial charge in [-0.3, -0.25) is 4.98 Å². The first-order valence-corrected chi connectivity index (χ1v) is 10.7. The highest BCUT2D eigenvalue weighted by molar-refractivity contribution is 7.89. The number of pyridine rings is 1. The summed E-state index contributed by atoms with van der Waals surface area (Å²) >= 11 is 0. The standard InChI is InChI=1S/C22H21F3N2O2S/c1-15-6-12-20(13-7-15)30(28,29)27-21(14-19-5-3-4-16(2)26-19)17-8-10-18(11-9-17)22(23,24)25/h3-13,21,27H,14H2,1-2H3. The fourth-order valence-electron chi connectivity index (χ4n) is 3.03. The Kier molecular flexibility index (Phi) is 6.28. The van der Waals surface area contributed by atoms with Crippen molar-refractivity contribution in [1.29, 1.82) is 0 Å². The fraction of sp³-hybridized carbons (Fsp3) is 0.227. The van der Waals surface area contributed by atoms with Crippen LogP contribution in [0.4, 0.5) is 13.2 Å². The molecule has 0 aliphatic heterocycles. The van der Waals surface area contributed by atoms with Crippen molar-refractivity contribution in [3.05, 3.63) is 94.8 Å². The smallest absolute Gasteiger partial charge is 0.258 e. The Morgan fingerprint density at radius 1 is 0.933 bits per heavy atom. The number of hydrogen-bond acceptors (Lipinski definition) is 3. The highest BCUT2D eigenvalue weighted by Gasteiger charge is 2.30. The summed E-state index contributed by atoms with van der Waals surface area (Å²) in [5.41, 5.74) is 1.94. The number of nitrogens with zero attached hydrogens (tertiary/aromatic N) is 1. The second kappa shape index (κ2) is 8.57. The summed E-state index contributed by atoms with van der Waals surface area (Å²) < 4.78 is 67.2. The Labute approximate surface area is 173 Å². The molecule has 0 radical (unpaired) electrons. The van der Waals surface area contributed by atoms with Crippen LogP contribution in [0.5, 0.6) is 0 Å². The molecule has 0 aliphatic carbocycles. The molecule has 0 spiro atoms. The zero-order chi connectivity index (χ0) is 21.9. The van der Waals surface area contributed by atoms with Gasteiger partial charge in [0.05, 0.1) is 16.5 Å². The van der Waals surface area contributed by atoms with Crippen molar-refractivity contribution in [3.8, 4) is 0 Å². The minimum atomic E-state index is -4.46. The second-order valence-electron chi connectivity index (χ2n) is 7.08. The van der Waals surface area contributed by atoms with Gasteiger partial charge in [-0.2, -0.15) is 13.2 Å². The molecule has 8 heteroatoms. The molecule has 0 saturated carbocycles. The van der Waals surface area contributed by atoms with E-state index in [0.29, 0.717) is 11.3 Å². The molecule has 0 aliphatic rings. The number of alkyl halides is 3. The molecule has 4 nitrogen and oxygen atoms in total. The van der Waals surface area contributed by atoms with Crippen LogP contribution in [0.1, 0.15) is 34.1 Å². The van der Waals surface area contributed by atoms with E-state index in [-0.39, 0.29) is 11.3 Å². The molecule has 30 heavy (non-hydrogen) atoms. The first kappa shape index (κ1) is 22.0. The van der Waals surface area contributed by atoms with Crippen LogP contribution in [-0.2, 0) is 22.6 Å². The largest absolute Gasteiger partial charge is 0.416 e. The molecular formula is C22H21F3N2O2S. The van der Waals surface area contributed by atoms with Gasteiger partial charge >= 0.3 is 6.18 Å². The van der Waals surface area contributed by atoms with Gasteiger partial charge in [-0.15, -0.1) is 0 Å². The summed E-state index contributed by atoms with van der Waals surface area (Å²) in [6.45, 7) is 3.66. The molecule has 0 bridgehead atoms. The molecule has 0 fully saturated rings. The number of aryl methyl sites for hydroxylation is 2. The third kappa shape index (κ3) is 5.46. The van der Waals surface area contributed by atoms with E-state index >= 15 is 0 Å². The van der Waals surface area contributed by atoms with E-state index < -0.39 is 27.8 Å². The van der Waals surface area contributed by atoms with Crippen molar-refractivity contribution in [3.63, 3.8) is 0 Å². The minimum Gasteiger partial charge on any atom is -0.258 e. The van der Waals surface area contributed by atoms with Gasteiger partial charge < -0.3 is 0 Å². The molecule has 1 atom stereocenters. The van der Waals surface area contributed by atoms with Crippen molar-refractivity contribution >= 4 is 10.0 Å². The number of rotatable bonds is 6. The van der Waals surface area contributed by atoms with Crippen LogP contribution in [-0.4, -0.2) is 13.4 Å². The summed E-state index contributed by atoms with van der Waals surface area (Å²) in [5, 5.41) is 0. The molecule has 3 rings (SSSR count). The van der Waals surface area contributed by atoms with Crippen molar-refractivity contribution < 1.29 is 21.6 Å². The maximum absolute atomic E-state index is 12.9. The van der Waals surface area contributed by atoms with Crippen molar-refractivity contribution in [2.45, 2.75) is 37.4 Å². The first-order chi connectivity index (χ1) is 14.0. The Morgan fingerprint density at radius 2 is 1.57 bits per heavy atom. The number of nitrogens with one attached hydrogen (secondary N) is 1. The molecule has 0 saturated heterocycles.